The van der Waals surface area contributed by atoms with Crippen molar-refractivity contribution in [1.29, 1.82) is 0 Å². The van der Waals surface area contributed by atoms with Crippen LogP contribution in [0.3, 0.4) is 0 Å². The van der Waals surface area contributed by atoms with E-state index in [0.717, 1.165) is 0 Å². The number of hydrogen-bond donors (Lipinski definition) is 2. The maximum atomic E-state index is 10.7. The summed E-state index contributed by atoms with van der Waals surface area (Å²) >= 11 is 0. The van der Waals surface area contributed by atoms with Crippen molar-refractivity contribution in [2.45, 2.75) is 6.61 Å². The van der Waals surface area contributed by atoms with Crippen molar-refractivity contribution in [2.75, 3.05) is 0 Å². The molecule has 0 aromatic carbocycles. The minimum Gasteiger partial charge on any atom is -1.00 e. The average Bonchev–Trinajstić information content (AvgIpc) is 1.27. The summed E-state index contributed by atoms with van der Waals surface area (Å²) in [6.45, 7) is -3.13. The summed E-state index contributed by atoms with van der Waals surface area (Å²) in [5, 5.41) is 15.2. The Hall–Kier alpha value is 0.402. The first kappa shape index (κ1) is 11.2. The number of alkyl halides is 2. The molecule has 0 saturated heterocycles. The van der Waals surface area contributed by atoms with Crippen LogP contribution in [0, 0.1) is 0 Å². The summed E-state index contributed by atoms with van der Waals surface area (Å²) in [5.41, 5.74) is 0. The van der Waals surface area contributed by atoms with Crippen molar-refractivity contribution < 1.29 is 43.8 Å². The minimum atomic E-state index is -3.13. The summed E-state index contributed by atoms with van der Waals surface area (Å²) in [7, 11) is -2.38. The van der Waals surface area contributed by atoms with E-state index < -0.39 is 13.9 Å². The van der Waals surface area contributed by atoms with Crippen molar-refractivity contribution in [1.82, 2.24) is 0 Å². The van der Waals surface area contributed by atoms with E-state index in [-0.39, 0.29) is 20.3 Å². The molecule has 0 rings (SSSR count). The van der Waals surface area contributed by atoms with Crippen LogP contribution in [-0.2, 0) is 4.65 Å². The number of halogens is 2. The zero-order valence-electron chi connectivity index (χ0n) is 5.21. The van der Waals surface area contributed by atoms with E-state index in [4.69, 9.17) is 10.0 Å². The van der Waals surface area contributed by atoms with Crippen LogP contribution in [0.1, 0.15) is 1.43 Å². The second-order valence-electron chi connectivity index (χ2n) is 0.723. The van der Waals surface area contributed by atoms with Crippen molar-refractivity contribution >= 4 is 7.32 Å². The van der Waals surface area contributed by atoms with E-state index in [9.17, 15) is 8.78 Å². The van der Waals surface area contributed by atoms with Gasteiger partial charge in [0.05, 0.1) is 0 Å². The molecule has 0 aromatic rings. The van der Waals surface area contributed by atoms with Crippen LogP contribution in [-0.4, -0.2) is 24.0 Å². The molecule has 0 bridgehead atoms. The quantitative estimate of drug-likeness (QED) is 0.369. The molecule has 0 spiro atoms. The molecular weight excluding hydrogens is 116 g/mol. The minimum absolute atomic E-state index is 0. The Labute approximate surface area is 58.5 Å². The van der Waals surface area contributed by atoms with Gasteiger partial charge < -0.3 is 16.1 Å². The summed E-state index contributed by atoms with van der Waals surface area (Å²) in [5.74, 6) is 0. The number of rotatable bonds is 2. The molecule has 0 aliphatic carbocycles. The van der Waals surface area contributed by atoms with Crippen molar-refractivity contribution in [2.24, 2.45) is 0 Å². The second-order valence-corrected chi connectivity index (χ2v) is 0.723. The molecule has 0 amide bonds. The first-order valence-corrected chi connectivity index (χ1v) is 1.42. The Balaban J connectivity index is -0.000000180. The Morgan fingerprint density at radius 1 is 1.50 bits per heavy atom. The topological polar surface area (TPSA) is 49.7 Å². The Morgan fingerprint density at radius 2 is 1.88 bits per heavy atom. The monoisotopic (exact) mass is 120 g/mol. The zero-order chi connectivity index (χ0) is 5.86. The molecule has 0 fully saturated rings. The number of hydrogen-bond acceptors (Lipinski definition) is 3. The van der Waals surface area contributed by atoms with Crippen LogP contribution in [0.15, 0.2) is 0 Å². The van der Waals surface area contributed by atoms with Crippen LogP contribution in [0.25, 0.3) is 0 Å². The summed E-state index contributed by atoms with van der Waals surface area (Å²) in [4.78, 5) is 0. The third kappa shape index (κ3) is 9.64. The average molecular weight is 120 g/mol. The third-order valence-corrected chi connectivity index (χ3v) is 0.225. The van der Waals surface area contributed by atoms with Gasteiger partial charge in [-0.25, -0.2) is 0 Å². The second kappa shape index (κ2) is 5.54. The van der Waals surface area contributed by atoms with Crippen molar-refractivity contribution in [3.8, 4) is 0 Å². The van der Waals surface area contributed by atoms with Crippen LogP contribution in [0.5, 0.6) is 0 Å². The smallest absolute Gasteiger partial charge is 1.00 e. The Morgan fingerprint density at radius 3 is 1.88 bits per heavy atom. The fourth-order valence-corrected chi connectivity index (χ4v) is 0.0920. The predicted molar refractivity (Wildman–Crippen MR) is 18.4 cm³/mol. The molecule has 0 saturated carbocycles. The van der Waals surface area contributed by atoms with Gasteiger partial charge in [0.15, 0.2) is 0 Å². The molecule has 0 atom stereocenters. The van der Waals surface area contributed by atoms with Gasteiger partial charge in [0.2, 0.25) is 0 Å². The van der Waals surface area contributed by atoms with Crippen LogP contribution < -0.4 is 18.9 Å². The molecule has 0 aliphatic heterocycles. The van der Waals surface area contributed by atoms with Gasteiger partial charge >= 0.3 is 32.8 Å². The van der Waals surface area contributed by atoms with E-state index in [0.29, 0.717) is 0 Å². The van der Waals surface area contributed by atoms with Gasteiger partial charge in [-0.05, 0) is 0 Å². The largest absolute Gasteiger partial charge is 1.00 e. The van der Waals surface area contributed by atoms with Gasteiger partial charge in [0.25, 0.3) is 0 Å². The van der Waals surface area contributed by atoms with Crippen LogP contribution in [0.2, 0.25) is 0 Å². The van der Waals surface area contributed by atoms with Gasteiger partial charge in [-0.2, -0.15) is 8.78 Å². The molecule has 0 radical (unpaired) electrons. The van der Waals surface area contributed by atoms with E-state index in [1.807, 2.05) is 0 Å². The Bertz CT molecular complexity index is 51.1. The van der Waals surface area contributed by atoms with E-state index in [1.165, 1.54) is 0 Å². The van der Waals surface area contributed by atoms with Crippen molar-refractivity contribution in [3.05, 3.63) is 0 Å². The van der Waals surface area contributed by atoms with Crippen LogP contribution in [0.4, 0.5) is 8.78 Å². The first-order chi connectivity index (χ1) is 3.13. The predicted octanol–water partition coefficient (Wildman–Crippen LogP) is -3.69. The maximum absolute atomic E-state index is 10.7. The molecule has 44 valence electrons. The van der Waals surface area contributed by atoms with Gasteiger partial charge in [0, 0.05) is 0 Å². The Kier molecular flexibility index (Phi) is 7.77. The maximum Gasteiger partial charge on any atom is 1.00 e. The molecular formula is CH4BF2LiO3. The molecule has 0 heterocycles. The summed E-state index contributed by atoms with van der Waals surface area (Å²) in [6, 6.07) is 0. The van der Waals surface area contributed by atoms with E-state index >= 15 is 0 Å². The fourth-order valence-electron chi connectivity index (χ4n) is 0.0920. The van der Waals surface area contributed by atoms with Gasteiger partial charge in [-0.1, -0.05) is 0 Å². The SMILES string of the molecule is OB(O)OC(F)F.[H-].[Li+]. The third-order valence-electron chi connectivity index (χ3n) is 0.225. The molecule has 0 unspecified atom stereocenters. The molecule has 2 N–H and O–H groups in total. The van der Waals surface area contributed by atoms with E-state index in [1.54, 1.807) is 0 Å². The zero-order valence-corrected chi connectivity index (χ0v) is 4.21. The van der Waals surface area contributed by atoms with Gasteiger partial charge in [-0.3, -0.25) is 0 Å². The molecule has 3 nitrogen and oxygen atoms in total. The molecule has 0 aromatic heterocycles. The summed E-state index contributed by atoms with van der Waals surface area (Å²) < 4.78 is 24.5. The van der Waals surface area contributed by atoms with Gasteiger partial charge in [-0.15, -0.1) is 0 Å². The van der Waals surface area contributed by atoms with Crippen LogP contribution >= 0.6 is 0 Å². The molecule has 0 aliphatic rings. The van der Waals surface area contributed by atoms with Crippen molar-refractivity contribution in [3.63, 3.8) is 0 Å². The van der Waals surface area contributed by atoms with Gasteiger partial charge in [0.1, 0.15) is 0 Å². The molecule has 7 heteroatoms. The standard InChI is InChI=1S/CH3BF2O3.Li.H/c3-1(4)7-2(5)6;;/h1,5-6H;;/q;+1;-1. The normalized spacial score (nSPS) is 8.62. The fraction of sp³-hybridized carbons (Fsp3) is 1.00. The molecule has 8 heavy (non-hydrogen) atoms. The first-order valence-electron chi connectivity index (χ1n) is 1.42. The summed E-state index contributed by atoms with van der Waals surface area (Å²) in [6.07, 6.45) is 0. The van der Waals surface area contributed by atoms with E-state index in [2.05, 4.69) is 4.65 Å².